The second-order valence-corrected chi connectivity index (χ2v) is 8.15. The zero-order chi connectivity index (χ0) is 22.0. The molecule has 2 heterocycles. The molecule has 2 saturated heterocycles. The van der Waals surface area contributed by atoms with Crippen LogP contribution in [-0.2, 0) is 11.3 Å². The summed E-state index contributed by atoms with van der Waals surface area (Å²) in [5.41, 5.74) is 1.33. The van der Waals surface area contributed by atoms with Crippen LogP contribution in [0, 0.1) is 5.41 Å². The number of hydrogen-bond acceptors (Lipinski definition) is 5. The average Bonchev–Trinajstić information content (AvgIpc) is 2.83. The van der Waals surface area contributed by atoms with Gasteiger partial charge >= 0.3 is 0 Å². The Morgan fingerprint density at radius 3 is 2.19 bits per heavy atom. The lowest BCUT2D eigenvalue weighted by molar-refractivity contribution is -0.165. The van der Waals surface area contributed by atoms with Crippen LogP contribution < -0.4 is 14.2 Å². The number of benzene rings is 2. The van der Waals surface area contributed by atoms with Gasteiger partial charge in [0.2, 0.25) is 5.91 Å². The molecule has 0 aromatic heterocycles. The van der Waals surface area contributed by atoms with E-state index in [1.807, 2.05) is 34.1 Å². The minimum absolute atomic E-state index is 0.0438. The van der Waals surface area contributed by atoms with Gasteiger partial charge in [-0.15, -0.1) is 0 Å². The van der Waals surface area contributed by atoms with E-state index < -0.39 is 0 Å². The molecule has 2 amide bonds. The molecule has 0 bridgehead atoms. The molecule has 2 aliphatic heterocycles. The van der Waals surface area contributed by atoms with Crippen molar-refractivity contribution in [2.24, 2.45) is 5.41 Å². The maximum absolute atomic E-state index is 12.9. The Bertz CT molecular complexity index is 964. The van der Waals surface area contributed by atoms with E-state index in [9.17, 15) is 9.59 Å². The molecule has 31 heavy (non-hydrogen) atoms. The third-order valence-corrected chi connectivity index (χ3v) is 6.41. The summed E-state index contributed by atoms with van der Waals surface area (Å²) in [5.74, 6) is 2.08. The van der Waals surface area contributed by atoms with Crippen molar-refractivity contribution in [2.45, 2.75) is 19.4 Å². The van der Waals surface area contributed by atoms with Crippen molar-refractivity contribution in [1.29, 1.82) is 0 Å². The molecule has 0 radical (unpaired) electrons. The van der Waals surface area contributed by atoms with E-state index >= 15 is 0 Å². The molecule has 0 N–H and O–H groups in total. The normalized spacial score (nSPS) is 17.3. The third-order valence-electron chi connectivity index (χ3n) is 6.41. The molecular formula is C24H28N2O5. The monoisotopic (exact) mass is 424 g/mol. The Morgan fingerprint density at radius 2 is 1.61 bits per heavy atom. The fourth-order valence-corrected chi connectivity index (χ4v) is 4.49. The van der Waals surface area contributed by atoms with Gasteiger partial charge in [-0.25, -0.2) is 0 Å². The molecule has 2 aliphatic rings. The van der Waals surface area contributed by atoms with Gasteiger partial charge in [0.15, 0.2) is 11.5 Å². The number of β-lactam (4-membered cyclic amide) rings is 1. The molecule has 7 heteroatoms. The van der Waals surface area contributed by atoms with Gasteiger partial charge in [-0.3, -0.25) is 9.59 Å². The number of nitrogens with zero attached hydrogens (tertiary/aromatic N) is 2. The van der Waals surface area contributed by atoms with E-state index in [2.05, 4.69) is 0 Å². The number of likely N-dealkylation sites (tertiary alicyclic amines) is 2. The second-order valence-electron chi connectivity index (χ2n) is 8.15. The Hall–Kier alpha value is -3.22. The van der Waals surface area contributed by atoms with Crippen LogP contribution in [0.25, 0.3) is 0 Å². The first kappa shape index (κ1) is 21.0. The minimum Gasteiger partial charge on any atom is -0.497 e. The first-order valence-electron chi connectivity index (χ1n) is 10.4. The molecule has 4 rings (SSSR count). The molecule has 7 nitrogen and oxygen atoms in total. The van der Waals surface area contributed by atoms with E-state index in [1.165, 1.54) is 0 Å². The fourth-order valence-electron chi connectivity index (χ4n) is 4.49. The number of hydrogen-bond donors (Lipinski definition) is 0. The maximum atomic E-state index is 12.9. The van der Waals surface area contributed by atoms with Gasteiger partial charge in [0.1, 0.15) is 5.75 Å². The standard InChI is InChI=1S/C24H28N2O5/c1-29-19-7-4-17(5-8-19)15-26-16-24(23(26)28)10-12-25(13-11-24)22(27)18-6-9-20(30-2)21(14-18)31-3/h4-9,14H,10-13,15-16H2,1-3H3. The summed E-state index contributed by atoms with van der Waals surface area (Å²) in [4.78, 5) is 29.6. The van der Waals surface area contributed by atoms with Gasteiger partial charge in [0, 0.05) is 31.7 Å². The topological polar surface area (TPSA) is 68.3 Å². The smallest absolute Gasteiger partial charge is 0.253 e. The summed E-state index contributed by atoms with van der Waals surface area (Å²) in [7, 11) is 4.76. The zero-order valence-electron chi connectivity index (χ0n) is 18.2. The number of carbonyl (C=O) groups is 2. The van der Waals surface area contributed by atoms with E-state index in [4.69, 9.17) is 14.2 Å². The van der Waals surface area contributed by atoms with Gasteiger partial charge in [-0.05, 0) is 48.7 Å². The molecule has 164 valence electrons. The van der Waals surface area contributed by atoms with Gasteiger partial charge in [-0.1, -0.05) is 12.1 Å². The fraction of sp³-hybridized carbons (Fsp3) is 0.417. The molecule has 0 atom stereocenters. The van der Waals surface area contributed by atoms with Crippen LogP contribution in [0.5, 0.6) is 17.2 Å². The third kappa shape index (κ3) is 3.92. The van der Waals surface area contributed by atoms with Gasteiger partial charge in [0.05, 0.1) is 26.7 Å². The molecule has 2 aromatic carbocycles. The second kappa shape index (κ2) is 8.49. The van der Waals surface area contributed by atoms with Crippen LogP contribution in [0.1, 0.15) is 28.8 Å². The number of amides is 2. The molecule has 1 spiro atoms. The first-order valence-corrected chi connectivity index (χ1v) is 10.4. The molecular weight excluding hydrogens is 396 g/mol. The van der Waals surface area contributed by atoms with Crippen LogP contribution in [0.3, 0.4) is 0 Å². The van der Waals surface area contributed by atoms with E-state index in [0.717, 1.165) is 17.9 Å². The number of piperidine rings is 1. The highest BCUT2D eigenvalue weighted by Crippen LogP contribution is 2.42. The Morgan fingerprint density at radius 1 is 0.935 bits per heavy atom. The summed E-state index contributed by atoms with van der Waals surface area (Å²) < 4.78 is 15.7. The van der Waals surface area contributed by atoms with Crippen LogP contribution in [0.15, 0.2) is 42.5 Å². The highest BCUT2D eigenvalue weighted by Gasteiger charge is 2.53. The lowest BCUT2D eigenvalue weighted by atomic mass is 9.71. The quantitative estimate of drug-likeness (QED) is 0.667. The van der Waals surface area contributed by atoms with Crippen molar-refractivity contribution in [3.8, 4) is 17.2 Å². The van der Waals surface area contributed by atoms with E-state index in [1.54, 1.807) is 39.5 Å². The molecule has 0 saturated carbocycles. The summed E-state index contributed by atoms with van der Waals surface area (Å²) in [6.45, 7) is 2.51. The summed E-state index contributed by atoms with van der Waals surface area (Å²) in [5, 5.41) is 0. The van der Waals surface area contributed by atoms with Crippen molar-refractivity contribution in [1.82, 2.24) is 9.80 Å². The molecule has 2 fully saturated rings. The van der Waals surface area contributed by atoms with Gasteiger partial charge < -0.3 is 24.0 Å². The highest BCUT2D eigenvalue weighted by molar-refractivity contribution is 5.95. The zero-order valence-corrected chi connectivity index (χ0v) is 18.2. The molecule has 2 aromatic rings. The molecule has 0 unspecified atom stereocenters. The van der Waals surface area contributed by atoms with Crippen molar-refractivity contribution in [3.63, 3.8) is 0 Å². The van der Waals surface area contributed by atoms with E-state index in [0.29, 0.717) is 49.5 Å². The Balaban J connectivity index is 1.34. The summed E-state index contributed by atoms with van der Waals surface area (Å²) in [6.07, 6.45) is 1.40. The average molecular weight is 424 g/mol. The first-order chi connectivity index (χ1) is 15.0. The summed E-state index contributed by atoms with van der Waals surface area (Å²) in [6, 6.07) is 13.0. The number of carbonyl (C=O) groups excluding carboxylic acids is 2. The van der Waals surface area contributed by atoms with Crippen molar-refractivity contribution in [2.75, 3.05) is 41.0 Å². The van der Waals surface area contributed by atoms with Gasteiger partial charge in [0.25, 0.3) is 5.91 Å². The highest BCUT2D eigenvalue weighted by atomic mass is 16.5. The number of methoxy groups -OCH3 is 3. The van der Waals surface area contributed by atoms with Gasteiger partial charge in [-0.2, -0.15) is 0 Å². The predicted molar refractivity (Wildman–Crippen MR) is 116 cm³/mol. The number of rotatable bonds is 6. The van der Waals surface area contributed by atoms with E-state index in [-0.39, 0.29) is 17.2 Å². The lowest BCUT2D eigenvalue weighted by Gasteiger charge is -2.52. The minimum atomic E-state index is -0.319. The summed E-state index contributed by atoms with van der Waals surface area (Å²) >= 11 is 0. The Kier molecular flexibility index (Phi) is 5.76. The largest absolute Gasteiger partial charge is 0.497 e. The van der Waals surface area contributed by atoms with Crippen LogP contribution >= 0.6 is 0 Å². The number of ether oxygens (including phenoxy) is 3. The lowest BCUT2D eigenvalue weighted by Crippen LogP contribution is -2.64. The van der Waals surface area contributed by atoms with Crippen molar-refractivity contribution < 1.29 is 23.8 Å². The van der Waals surface area contributed by atoms with Crippen LogP contribution in [0.2, 0.25) is 0 Å². The molecule has 0 aliphatic carbocycles. The Labute approximate surface area is 182 Å². The van der Waals surface area contributed by atoms with Crippen LogP contribution in [-0.4, -0.2) is 62.6 Å². The predicted octanol–water partition coefficient (Wildman–Crippen LogP) is 2.98. The SMILES string of the molecule is COc1ccc(CN2CC3(CCN(C(=O)c4ccc(OC)c(OC)c4)CC3)C2=O)cc1. The van der Waals surface area contributed by atoms with Crippen molar-refractivity contribution >= 4 is 11.8 Å². The maximum Gasteiger partial charge on any atom is 0.253 e. The van der Waals surface area contributed by atoms with Crippen LogP contribution in [0.4, 0.5) is 0 Å². The van der Waals surface area contributed by atoms with Crippen molar-refractivity contribution in [3.05, 3.63) is 53.6 Å².